The second-order valence-corrected chi connectivity index (χ2v) is 9.73. The average Bonchev–Trinajstić information content (AvgIpc) is 2.69. The normalized spacial score (nSPS) is 12.6. The lowest BCUT2D eigenvalue weighted by molar-refractivity contribution is -0.115. The third kappa shape index (κ3) is 5.85. The summed E-state index contributed by atoms with van der Waals surface area (Å²) in [6, 6.07) is 8.10. The van der Waals surface area contributed by atoms with Crippen molar-refractivity contribution in [1.29, 1.82) is 0 Å². The van der Waals surface area contributed by atoms with Gasteiger partial charge in [-0.2, -0.15) is 4.31 Å². The zero-order valence-electron chi connectivity index (χ0n) is 16.7. The summed E-state index contributed by atoms with van der Waals surface area (Å²) in [6.07, 6.45) is 1.32. The van der Waals surface area contributed by atoms with Gasteiger partial charge in [0.15, 0.2) is 0 Å². The van der Waals surface area contributed by atoms with Crippen LogP contribution in [-0.2, 0) is 14.8 Å². The number of anilines is 1. The highest BCUT2D eigenvalue weighted by atomic mass is 35.5. The van der Waals surface area contributed by atoms with Gasteiger partial charge >= 0.3 is 0 Å². The van der Waals surface area contributed by atoms with Crippen molar-refractivity contribution < 1.29 is 17.9 Å². The highest BCUT2D eigenvalue weighted by Gasteiger charge is 2.22. The number of nitrogens with one attached hydrogen (secondary N) is 1. The van der Waals surface area contributed by atoms with E-state index < -0.39 is 15.3 Å². The van der Waals surface area contributed by atoms with Crippen LogP contribution in [0.25, 0.3) is 0 Å². The molecule has 0 radical (unpaired) electrons. The van der Waals surface area contributed by atoms with Crippen LogP contribution in [0.15, 0.2) is 46.5 Å². The van der Waals surface area contributed by atoms with E-state index in [1.807, 2.05) is 0 Å². The minimum absolute atomic E-state index is 0.135. The van der Waals surface area contributed by atoms with Crippen molar-refractivity contribution >= 4 is 45.0 Å². The molecule has 0 aliphatic heterocycles. The van der Waals surface area contributed by atoms with Crippen LogP contribution >= 0.6 is 23.4 Å². The quantitative estimate of drug-likeness (QED) is 0.574. The SMILES string of the molecule is CCN(CC)S(=O)(=O)c1ccc(SC(C)C(=O)Nc2ccc(OC)c(Cl)c2)nc1. The molecule has 2 aromatic rings. The molecule has 0 aliphatic rings. The van der Waals surface area contributed by atoms with Crippen LogP contribution in [0, 0.1) is 0 Å². The number of sulfonamides is 1. The van der Waals surface area contributed by atoms with Crippen LogP contribution in [0.4, 0.5) is 5.69 Å². The number of nitrogens with zero attached hydrogens (tertiary/aromatic N) is 2. The molecule has 7 nitrogen and oxygen atoms in total. The average molecular weight is 458 g/mol. The van der Waals surface area contributed by atoms with E-state index in [9.17, 15) is 13.2 Å². The first-order valence-corrected chi connectivity index (χ1v) is 11.7. The Kier molecular flexibility index (Phi) is 8.33. The second-order valence-electron chi connectivity index (χ2n) is 6.02. The third-order valence-corrected chi connectivity index (χ3v) is 7.52. The minimum atomic E-state index is -3.55. The van der Waals surface area contributed by atoms with E-state index in [4.69, 9.17) is 16.3 Å². The molecule has 0 bridgehead atoms. The number of pyridine rings is 1. The number of benzene rings is 1. The van der Waals surface area contributed by atoms with Crippen LogP contribution in [0.2, 0.25) is 5.02 Å². The molecule has 1 unspecified atom stereocenters. The molecule has 0 spiro atoms. The number of aromatic nitrogens is 1. The van der Waals surface area contributed by atoms with Gasteiger partial charge in [0.1, 0.15) is 10.6 Å². The molecular formula is C19H24ClN3O4S2. The number of amides is 1. The molecular weight excluding hydrogens is 434 g/mol. The number of carbonyl (C=O) groups excluding carboxylic acids is 1. The van der Waals surface area contributed by atoms with E-state index in [0.29, 0.717) is 34.6 Å². The summed E-state index contributed by atoms with van der Waals surface area (Å²) in [5.74, 6) is 0.300. The number of ether oxygens (including phenoxy) is 1. The number of hydrogen-bond donors (Lipinski definition) is 1. The first-order chi connectivity index (χ1) is 13.7. The van der Waals surface area contributed by atoms with Crippen LogP contribution < -0.4 is 10.1 Å². The number of halogens is 1. The zero-order valence-corrected chi connectivity index (χ0v) is 19.1. The molecule has 0 saturated heterocycles. The van der Waals surface area contributed by atoms with Gasteiger partial charge in [0.05, 0.1) is 22.4 Å². The fourth-order valence-corrected chi connectivity index (χ4v) is 4.97. The molecule has 1 N–H and O–H groups in total. The number of hydrogen-bond acceptors (Lipinski definition) is 6. The van der Waals surface area contributed by atoms with Gasteiger partial charge in [-0.1, -0.05) is 37.2 Å². The predicted octanol–water partition coefficient (Wildman–Crippen LogP) is 3.89. The highest BCUT2D eigenvalue weighted by Crippen LogP contribution is 2.28. The van der Waals surface area contributed by atoms with Crippen molar-refractivity contribution in [3.63, 3.8) is 0 Å². The second kappa shape index (κ2) is 10.3. The Balaban J connectivity index is 2.04. The largest absolute Gasteiger partial charge is 0.495 e. The molecule has 2 rings (SSSR count). The van der Waals surface area contributed by atoms with Crippen molar-refractivity contribution in [3.05, 3.63) is 41.6 Å². The fraction of sp³-hybridized carbons (Fsp3) is 0.368. The molecule has 29 heavy (non-hydrogen) atoms. The zero-order chi connectivity index (χ0) is 21.6. The lowest BCUT2D eigenvalue weighted by atomic mass is 10.3. The molecule has 1 atom stereocenters. The smallest absolute Gasteiger partial charge is 0.244 e. The Morgan fingerprint density at radius 1 is 1.28 bits per heavy atom. The molecule has 1 aromatic heterocycles. The van der Waals surface area contributed by atoms with Gasteiger partial charge in [0.25, 0.3) is 0 Å². The maximum absolute atomic E-state index is 12.5. The van der Waals surface area contributed by atoms with Gasteiger partial charge < -0.3 is 10.1 Å². The van der Waals surface area contributed by atoms with Gasteiger partial charge in [0, 0.05) is 25.0 Å². The van der Waals surface area contributed by atoms with Crippen LogP contribution in [0.1, 0.15) is 20.8 Å². The maximum Gasteiger partial charge on any atom is 0.244 e. The van der Waals surface area contributed by atoms with Crippen LogP contribution in [0.3, 0.4) is 0 Å². The molecule has 0 aliphatic carbocycles. The highest BCUT2D eigenvalue weighted by molar-refractivity contribution is 8.00. The van der Waals surface area contributed by atoms with E-state index in [1.165, 1.54) is 35.4 Å². The lowest BCUT2D eigenvalue weighted by Crippen LogP contribution is -2.30. The predicted molar refractivity (Wildman–Crippen MR) is 116 cm³/mol. The Morgan fingerprint density at radius 3 is 2.48 bits per heavy atom. The number of methoxy groups -OCH3 is 1. The summed E-state index contributed by atoms with van der Waals surface area (Å²) in [4.78, 5) is 16.8. The Hall–Kier alpha value is -1.81. The summed E-state index contributed by atoms with van der Waals surface area (Å²) in [5, 5.41) is 3.29. The summed E-state index contributed by atoms with van der Waals surface area (Å²) >= 11 is 7.31. The summed E-state index contributed by atoms with van der Waals surface area (Å²) < 4.78 is 31.5. The van der Waals surface area contributed by atoms with Gasteiger partial charge in [-0.25, -0.2) is 13.4 Å². The molecule has 0 saturated carbocycles. The third-order valence-electron chi connectivity index (χ3n) is 4.14. The van der Waals surface area contributed by atoms with Gasteiger partial charge in [-0.15, -0.1) is 0 Å². The summed E-state index contributed by atoms with van der Waals surface area (Å²) in [6.45, 7) is 6.10. The van der Waals surface area contributed by atoms with E-state index in [2.05, 4.69) is 10.3 Å². The van der Waals surface area contributed by atoms with E-state index >= 15 is 0 Å². The molecule has 0 fully saturated rings. The van der Waals surface area contributed by atoms with E-state index in [0.717, 1.165) is 0 Å². The monoisotopic (exact) mass is 457 g/mol. The Bertz CT molecular complexity index is 948. The van der Waals surface area contributed by atoms with E-state index in [-0.39, 0.29) is 10.8 Å². The number of carbonyl (C=O) groups is 1. The molecule has 1 heterocycles. The number of rotatable bonds is 9. The molecule has 1 aromatic carbocycles. The van der Waals surface area contributed by atoms with Crippen molar-refractivity contribution in [2.24, 2.45) is 0 Å². The van der Waals surface area contributed by atoms with Crippen molar-refractivity contribution in [1.82, 2.24) is 9.29 Å². The van der Waals surface area contributed by atoms with Crippen LogP contribution in [-0.4, -0.2) is 49.1 Å². The van der Waals surface area contributed by atoms with Crippen molar-refractivity contribution in [3.8, 4) is 5.75 Å². The lowest BCUT2D eigenvalue weighted by Gasteiger charge is -2.18. The summed E-state index contributed by atoms with van der Waals surface area (Å²) in [7, 11) is -2.04. The topological polar surface area (TPSA) is 88.6 Å². The minimum Gasteiger partial charge on any atom is -0.495 e. The van der Waals surface area contributed by atoms with Gasteiger partial charge in [-0.3, -0.25) is 4.79 Å². The number of thioether (sulfide) groups is 1. The van der Waals surface area contributed by atoms with E-state index in [1.54, 1.807) is 45.0 Å². The molecule has 1 amide bonds. The van der Waals surface area contributed by atoms with Crippen molar-refractivity contribution in [2.75, 3.05) is 25.5 Å². The van der Waals surface area contributed by atoms with Crippen LogP contribution in [0.5, 0.6) is 5.75 Å². The van der Waals surface area contributed by atoms with Gasteiger partial charge in [0.2, 0.25) is 15.9 Å². The first-order valence-electron chi connectivity index (χ1n) is 9.00. The maximum atomic E-state index is 12.5. The standard InChI is InChI=1S/C19H24ClN3O4S2/c1-5-23(6-2)29(25,26)15-8-10-18(21-12-15)28-13(3)19(24)22-14-7-9-17(27-4)16(20)11-14/h7-13H,5-6H2,1-4H3,(H,22,24). The Labute approximate surface area is 180 Å². The van der Waals surface area contributed by atoms with Crippen molar-refractivity contribution in [2.45, 2.75) is 35.9 Å². The fourth-order valence-electron chi connectivity index (χ4n) is 2.52. The first kappa shape index (κ1) is 23.5. The summed E-state index contributed by atoms with van der Waals surface area (Å²) in [5.41, 5.74) is 0.557. The molecule has 10 heteroatoms. The molecule has 158 valence electrons. The Morgan fingerprint density at radius 2 is 1.97 bits per heavy atom. The van der Waals surface area contributed by atoms with Gasteiger partial charge in [-0.05, 0) is 37.3 Å².